The molecule has 3 aromatic carbocycles. The lowest BCUT2D eigenvalue weighted by Gasteiger charge is -2.31. The molecule has 11 nitrogen and oxygen atoms in total. The van der Waals surface area contributed by atoms with E-state index in [2.05, 4.69) is 10.6 Å². The van der Waals surface area contributed by atoms with E-state index in [9.17, 15) is 25.0 Å². The number of hydrogen-bond donors (Lipinski definition) is 6. The smallest absolute Gasteiger partial charge is 0.200 e. The Hall–Kier alpha value is -3.71. The number of benzene rings is 3. The first-order valence-electron chi connectivity index (χ1n) is 13.0. The Bertz CT molecular complexity index is 1430. The molecule has 0 amide bonds. The molecule has 3 aromatic rings. The van der Waals surface area contributed by atoms with Crippen molar-refractivity contribution in [2.75, 3.05) is 65.0 Å². The molecular weight excluding hydrogens is 550 g/mol. The number of rotatable bonds is 11. The Morgan fingerprint density at radius 2 is 1.29 bits per heavy atom. The molecule has 1 atom stereocenters. The van der Waals surface area contributed by atoms with Crippen molar-refractivity contribution in [3.05, 3.63) is 81.6 Å². The number of quaternary nitrogens is 2. The molecule has 0 aliphatic heterocycles. The van der Waals surface area contributed by atoms with E-state index in [0.29, 0.717) is 48.6 Å². The van der Waals surface area contributed by atoms with Crippen molar-refractivity contribution in [2.45, 2.75) is 6.54 Å². The van der Waals surface area contributed by atoms with Crippen molar-refractivity contribution in [2.24, 2.45) is 0 Å². The Labute approximate surface area is 245 Å². The SMILES string of the molecule is CN(C)CCNc1ccc(NCC[N+](C)(C)Cc2ccc([NH+]([O-])O)cc2)c2c1C(=O)c1c(O)ccc(O)c1C2=O.Cl. The van der Waals surface area contributed by atoms with Crippen LogP contribution in [0.1, 0.15) is 37.4 Å². The van der Waals surface area contributed by atoms with Crippen LogP contribution < -0.4 is 15.9 Å². The Kier molecular flexibility index (Phi) is 9.98. The van der Waals surface area contributed by atoms with Crippen LogP contribution in [-0.4, -0.2) is 90.7 Å². The summed E-state index contributed by atoms with van der Waals surface area (Å²) in [6.45, 7) is 3.02. The minimum absolute atomic E-state index is 0. The Morgan fingerprint density at radius 3 is 1.76 bits per heavy atom. The number of phenolic OH excluding ortho intramolecular Hbond substituents is 2. The predicted molar refractivity (Wildman–Crippen MR) is 159 cm³/mol. The van der Waals surface area contributed by atoms with Gasteiger partial charge in [-0.25, -0.2) is 5.21 Å². The van der Waals surface area contributed by atoms with E-state index in [1.165, 1.54) is 12.1 Å². The van der Waals surface area contributed by atoms with Crippen molar-refractivity contribution in [1.82, 2.24) is 4.90 Å². The van der Waals surface area contributed by atoms with Gasteiger partial charge < -0.3 is 35.4 Å². The van der Waals surface area contributed by atoms with E-state index in [4.69, 9.17) is 5.21 Å². The van der Waals surface area contributed by atoms with Gasteiger partial charge in [-0.1, -0.05) is 0 Å². The van der Waals surface area contributed by atoms with Gasteiger partial charge >= 0.3 is 0 Å². The molecule has 0 spiro atoms. The summed E-state index contributed by atoms with van der Waals surface area (Å²) in [7, 11) is 7.96. The van der Waals surface area contributed by atoms with Crippen LogP contribution in [0.15, 0.2) is 48.5 Å². The van der Waals surface area contributed by atoms with Gasteiger partial charge in [-0.15, -0.1) is 12.4 Å². The molecule has 12 heteroatoms. The van der Waals surface area contributed by atoms with Gasteiger partial charge in [0.2, 0.25) is 11.6 Å². The fraction of sp³-hybridized carbons (Fsp3) is 0.310. The molecule has 0 radical (unpaired) electrons. The number of carbonyl (C=O) groups is 2. The quantitative estimate of drug-likeness (QED) is 0.0884. The molecule has 1 unspecified atom stereocenters. The molecule has 0 aromatic heterocycles. The highest BCUT2D eigenvalue weighted by atomic mass is 35.5. The lowest BCUT2D eigenvalue weighted by atomic mass is 9.81. The standard InChI is InChI=1S/C29H35N5O6.ClH/c1-32(2)15-13-30-20-9-10-21(25-24(20)28(37)26-22(35)11-12-23(36)27(26)29(25)38)31-14-16-34(3,4)17-18-5-7-19(8-6-18)33(39)40;/h5-12,33,39H,13-17H2,1-4H3,(H3-,30,31,35,36,37,38);1H/p+1. The second-order valence-corrected chi connectivity index (χ2v) is 10.9. The first kappa shape index (κ1) is 31.8. The fourth-order valence-electron chi connectivity index (χ4n) is 4.89. The summed E-state index contributed by atoms with van der Waals surface area (Å²) in [6.07, 6.45) is 0. The van der Waals surface area contributed by atoms with E-state index in [1.54, 1.807) is 36.4 Å². The topological polar surface area (TPSA) is 150 Å². The number of phenols is 2. The summed E-state index contributed by atoms with van der Waals surface area (Å²) in [5.41, 5.74) is 2.09. The van der Waals surface area contributed by atoms with Crippen molar-refractivity contribution in [3.8, 4) is 11.5 Å². The molecule has 1 aliphatic rings. The second kappa shape index (κ2) is 12.9. The highest BCUT2D eigenvalue weighted by Crippen LogP contribution is 2.42. The van der Waals surface area contributed by atoms with Crippen molar-refractivity contribution in [1.29, 1.82) is 0 Å². The number of fused-ring (bicyclic) bond motifs is 2. The third-order valence-corrected chi connectivity index (χ3v) is 6.99. The van der Waals surface area contributed by atoms with Crippen molar-refractivity contribution >= 4 is 41.0 Å². The van der Waals surface area contributed by atoms with Crippen LogP contribution in [0, 0.1) is 5.21 Å². The maximum atomic E-state index is 13.7. The van der Waals surface area contributed by atoms with Gasteiger partial charge in [0.1, 0.15) is 18.0 Å². The maximum Gasteiger partial charge on any atom is 0.200 e. The molecule has 0 fully saturated rings. The third kappa shape index (κ3) is 6.96. The van der Waals surface area contributed by atoms with Crippen LogP contribution in [0.4, 0.5) is 17.1 Å². The summed E-state index contributed by atoms with van der Waals surface area (Å²) in [5, 5.41) is 46.7. The highest BCUT2D eigenvalue weighted by molar-refractivity contribution is 6.33. The number of likely N-dealkylation sites (N-methyl/N-ethyl adjacent to an activating group) is 2. The molecule has 0 saturated heterocycles. The summed E-state index contributed by atoms with van der Waals surface area (Å²) >= 11 is 0. The number of carbonyl (C=O) groups excluding carboxylic acids is 2. The van der Waals surface area contributed by atoms with Crippen LogP contribution in [0.3, 0.4) is 0 Å². The molecule has 4 rings (SSSR count). The molecule has 0 bridgehead atoms. The summed E-state index contributed by atoms with van der Waals surface area (Å²) < 4.78 is 0.580. The summed E-state index contributed by atoms with van der Waals surface area (Å²) in [5.74, 6) is -1.79. The van der Waals surface area contributed by atoms with Gasteiger partial charge in [0.25, 0.3) is 0 Å². The predicted octanol–water partition coefficient (Wildman–Crippen LogP) is 2.36. The zero-order chi connectivity index (χ0) is 29.2. The third-order valence-electron chi connectivity index (χ3n) is 6.99. The van der Waals surface area contributed by atoms with Crippen LogP contribution in [-0.2, 0) is 6.54 Å². The minimum Gasteiger partial charge on any atom is -0.595 e. The van der Waals surface area contributed by atoms with Gasteiger partial charge in [0.05, 0.1) is 49.4 Å². The lowest BCUT2D eigenvalue weighted by Crippen LogP contribution is -2.99. The number of halogens is 1. The molecule has 0 heterocycles. The maximum absolute atomic E-state index is 13.7. The minimum atomic E-state index is -0.967. The number of anilines is 2. The normalized spacial score (nSPS) is 13.3. The van der Waals surface area contributed by atoms with E-state index in [0.717, 1.165) is 5.56 Å². The van der Waals surface area contributed by atoms with Crippen LogP contribution >= 0.6 is 12.4 Å². The first-order valence-corrected chi connectivity index (χ1v) is 13.0. The van der Waals surface area contributed by atoms with Crippen LogP contribution in [0.25, 0.3) is 0 Å². The number of aromatic hydroxyl groups is 2. The average Bonchev–Trinajstić information content (AvgIpc) is 2.88. The number of ketones is 2. The van der Waals surface area contributed by atoms with E-state index < -0.39 is 16.8 Å². The number of nitrogens with one attached hydrogen (secondary N) is 3. The van der Waals surface area contributed by atoms with E-state index in [-0.39, 0.29) is 51.8 Å². The van der Waals surface area contributed by atoms with Crippen LogP contribution in [0.2, 0.25) is 0 Å². The first-order chi connectivity index (χ1) is 18.9. The molecule has 220 valence electrons. The largest absolute Gasteiger partial charge is 0.595 e. The van der Waals surface area contributed by atoms with Crippen LogP contribution in [0.5, 0.6) is 11.5 Å². The van der Waals surface area contributed by atoms with Gasteiger partial charge in [-0.3, -0.25) is 9.59 Å². The molecule has 41 heavy (non-hydrogen) atoms. The number of nitrogens with zero attached hydrogens (tertiary/aromatic N) is 2. The lowest BCUT2D eigenvalue weighted by molar-refractivity contribution is -0.991. The molecule has 1 aliphatic carbocycles. The molecule has 0 saturated carbocycles. The van der Waals surface area contributed by atoms with Gasteiger partial charge in [0, 0.05) is 42.2 Å². The van der Waals surface area contributed by atoms with E-state index in [1.807, 2.05) is 33.1 Å². The zero-order valence-electron chi connectivity index (χ0n) is 23.5. The monoisotopic (exact) mass is 586 g/mol. The van der Waals surface area contributed by atoms with Gasteiger partial charge in [0.15, 0.2) is 5.69 Å². The fourth-order valence-corrected chi connectivity index (χ4v) is 4.89. The van der Waals surface area contributed by atoms with Crippen molar-refractivity contribution in [3.63, 3.8) is 0 Å². The molecule has 6 N–H and O–H groups in total. The van der Waals surface area contributed by atoms with Gasteiger partial charge in [-0.2, -0.15) is 5.23 Å². The zero-order valence-corrected chi connectivity index (χ0v) is 24.3. The average molecular weight is 587 g/mol. The second-order valence-electron chi connectivity index (χ2n) is 10.9. The highest BCUT2D eigenvalue weighted by Gasteiger charge is 2.38. The van der Waals surface area contributed by atoms with Crippen molar-refractivity contribution < 1.29 is 34.7 Å². The Morgan fingerprint density at radius 1 is 0.805 bits per heavy atom. The van der Waals surface area contributed by atoms with E-state index >= 15 is 0 Å². The summed E-state index contributed by atoms with van der Waals surface area (Å²) in [6, 6.07) is 12.7. The summed E-state index contributed by atoms with van der Waals surface area (Å²) in [4.78, 5) is 29.4. The number of hydrogen-bond acceptors (Lipinski definition) is 9. The van der Waals surface area contributed by atoms with Gasteiger partial charge in [-0.05, 0) is 50.5 Å². The Balaban J connectivity index is 0.00000462. The molecular formula is C29H37ClN5O6+.